The molecule has 1 aromatic carbocycles. The molecule has 1 saturated heterocycles. The molecule has 9 heteroatoms. The third kappa shape index (κ3) is 4.73. The molecule has 9 nitrogen and oxygen atoms in total. The van der Waals surface area contributed by atoms with Crippen LogP contribution in [0, 0.1) is 11.8 Å². The number of hydrogen-bond acceptors (Lipinski definition) is 6. The molecule has 1 fully saturated rings. The Morgan fingerprint density at radius 2 is 1.63 bits per heavy atom. The van der Waals surface area contributed by atoms with Crippen LogP contribution < -0.4 is 10.6 Å². The molecule has 1 aromatic rings. The number of rotatable bonds is 7. The fourth-order valence-electron chi connectivity index (χ4n) is 3.56. The first-order valence-corrected chi connectivity index (χ1v) is 9.68. The number of allylic oxidation sites excluding steroid dienone is 2. The number of amides is 4. The van der Waals surface area contributed by atoms with Crippen molar-refractivity contribution in [1.29, 1.82) is 0 Å². The molecule has 0 saturated carbocycles. The van der Waals surface area contributed by atoms with Crippen LogP contribution in [0.1, 0.15) is 29.6 Å². The number of likely N-dealkylation sites (tertiary alicyclic amines) is 1. The second-order valence-corrected chi connectivity index (χ2v) is 7.10. The van der Waals surface area contributed by atoms with Crippen molar-refractivity contribution in [3.05, 3.63) is 42.0 Å². The van der Waals surface area contributed by atoms with Crippen molar-refractivity contribution in [2.24, 2.45) is 11.8 Å². The molecular formula is C21H23N3O6. The number of carbonyl (C=O) groups excluding carboxylic acids is 5. The Morgan fingerprint density at radius 1 is 1.03 bits per heavy atom. The first kappa shape index (κ1) is 21.2. The van der Waals surface area contributed by atoms with Crippen molar-refractivity contribution in [2.45, 2.75) is 19.3 Å². The van der Waals surface area contributed by atoms with Crippen LogP contribution >= 0.6 is 0 Å². The fourth-order valence-corrected chi connectivity index (χ4v) is 3.56. The number of benzene rings is 1. The molecule has 0 radical (unpaired) electrons. The van der Waals surface area contributed by atoms with Crippen LogP contribution in [0.2, 0.25) is 0 Å². The highest BCUT2D eigenvalue weighted by Crippen LogP contribution is 2.34. The van der Waals surface area contributed by atoms with Crippen LogP contribution in [0.15, 0.2) is 36.4 Å². The average molecular weight is 413 g/mol. The number of carbonyl (C=O) groups is 5. The summed E-state index contributed by atoms with van der Waals surface area (Å²) in [5.74, 6) is -2.62. The minimum Gasteiger partial charge on any atom is -0.456 e. The number of nitrogens with one attached hydrogen (secondary N) is 2. The predicted octanol–water partition coefficient (Wildman–Crippen LogP) is 0.869. The van der Waals surface area contributed by atoms with Gasteiger partial charge in [0, 0.05) is 24.8 Å². The molecule has 30 heavy (non-hydrogen) atoms. The lowest BCUT2D eigenvalue weighted by Gasteiger charge is -2.14. The maximum atomic E-state index is 12.3. The Morgan fingerprint density at radius 3 is 2.20 bits per heavy atom. The van der Waals surface area contributed by atoms with E-state index >= 15 is 0 Å². The van der Waals surface area contributed by atoms with Crippen molar-refractivity contribution in [3.8, 4) is 0 Å². The van der Waals surface area contributed by atoms with Gasteiger partial charge in [-0.2, -0.15) is 0 Å². The van der Waals surface area contributed by atoms with Crippen molar-refractivity contribution in [3.63, 3.8) is 0 Å². The van der Waals surface area contributed by atoms with Gasteiger partial charge in [0.1, 0.15) is 0 Å². The SMILES string of the molecule is CNC(=O)c1ccc(NC(=O)COC(=O)CCN2C(=O)[C@@H]3CC=CC[C@H]3C2=O)cc1. The van der Waals surface area contributed by atoms with E-state index in [2.05, 4.69) is 10.6 Å². The number of fused-ring (bicyclic) bond motifs is 1. The molecule has 0 aromatic heterocycles. The third-order valence-electron chi connectivity index (χ3n) is 5.16. The van der Waals surface area contributed by atoms with Gasteiger partial charge in [-0.25, -0.2) is 0 Å². The molecule has 4 amide bonds. The van der Waals surface area contributed by atoms with Crippen LogP contribution in [-0.4, -0.2) is 54.7 Å². The van der Waals surface area contributed by atoms with E-state index in [-0.39, 0.29) is 42.5 Å². The largest absolute Gasteiger partial charge is 0.456 e. The van der Waals surface area contributed by atoms with Gasteiger partial charge < -0.3 is 15.4 Å². The van der Waals surface area contributed by atoms with E-state index in [4.69, 9.17) is 4.74 Å². The molecule has 158 valence electrons. The number of nitrogens with zero attached hydrogens (tertiary/aromatic N) is 1. The van der Waals surface area contributed by atoms with E-state index in [1.54, 1.807) is 24.3 Å². The molecule has 2 atom stereocenters. The quantitative estimate of drug-likeness (QED) is 0.389. The number of esters is 1. The summed E-state index contributed by atoms with van der Waals surface area (Å²) in [7, 11) is 1.52. The van der Waals surface area contributed by atoms with Gasteiger partial charge in [0.15, 0.2) is 6.61 Å². The lowest BCUT2D eigenvalue weighted by molar-refractivity contribution is -0.148. The first-order chi connectivity index (χ1) is 14.4. The molecule has 0 unspecified atom stereocenters. The van der Waals surface area contributed by atoms with E-state index in [1.165, 1.54) is 7.05 Å². The van der Waals surface area contributed by atoms with Gasteiger partial charge >= 0.3 is 5.97 Å². The maximum Gasteiger partial charge on any atom is 0.308 e. The second-order valence-electron chi connectivity index (χ2n) is 7.10. The summed E-state index contributed by atoms with van der Waals surface area (Å²) in [5, 5.41) is 5.05. The Labute approximate surface area is 173 Å². The predicted molar refractivity (Wildman–Crippen MR) is 106 cm³/mol. The smallest absolute Gasteiger partial charge is 0.308 e. The van der Waals surface area contributed by atoms with Crippen LogP contribution in [0.25, 0.3) is 0 Å². The van der Waals surface area contributed by atoms with Crippen molar-refractivity contribution in [2.75, 3.05) is 25.5 Å². The van der Waals surface area contributed by atoms with Gasteiger partial charge in [-0.3, -0.25) is 28.9 Å². The maximum absolute atomic E-state index is 12.3. The highest BCUT2D eigenvalue weighted by Gasteiger charge is 2.46. The lowest BCUT2D eigenvalue weighted by Crippen LogP contribution is -2.33. The highest BCUT2D eigenvalue weighted by atomic mass is 16.5. The van der Waals surface area contributed by atoms with E-state index < -0.39 is 18.5 Å². The summed E-state index contributed by atoms with van der Waals surface area (Å²) in [6.07, 6.45) is 4.71. The van der Waals surface area contributed by atoms with Crippen molar-refractivity contribution < 1.29 is 28.7 Å². The van der Waals surface area contributed by atoms with E-state index in [9.17, 15) is 24.0 Å². The summed E-state index contributed by atoms with van der Waals surface area (Å²) in [6, 6.07) is 6.22. The molecule has 0 spiro atoms. The zero-order valence-corrected chi connectivity index (χ0v) is 16.6. The molecular weight excluding hydrogens is 390 g/mol. The van der Waals surface area contributed by atoms with E-state index in [0.29, 0.717) is 24.1 Å². The molecule has 2 aliphatic rings. The topological polar surface area (TPSA) is 122 Å². The van der Waals surface area contributed by atoms with Crippen LogP contribution in [0.3, 0.4) is 0 Å². The van der Waals surface area contributed by atoms with E-state index in [1.807, 2.05) is 12.2 Å². The zero-order chi connectivity index (χ0) is 21.7. The summed E-state index contributed by atoms with van der Waals surface area (Å²) < 4.78 is 4.93. The highest BCUT2D eigenvalue weighted by molar-refractivity contribution is 6.05. The number of hydrogen-bond donors (Lipinski definition) is 2. The molecule has 1 heterocycles. The molecule has 0 bridgehead atoms. The second kappa shape index (κ2) is 9.34. The van der Waals surface area contributed by atoms with Crippen molar-refractivity contribution >= 4 is 35.3 Å². The zero-order valence-electron chi connectivity index (χ0n) is 16.6. The number of anilines is 1. The molecule has 1 aliphatic carbocycles. The Balaban J connectivity index is 1.41. The van der Waals surface area contributed by atoms with Crippen LogP contribution in [0.5, 0.6) is 0 Å². The summed E-state index contributed by atoms with van der Waals surface area (Å²) in [4.78, 5) is 61.2. The average Bonchev–Trinajstić information content (AvgIpc) is 3.01. The van der Waals surface area contributed by atoms with Gasteiger partial charge in [-0.1, -0.05) is 12.2 Å². The lowest BCUT2D eigenvalue weighted by atomic mass is 9.85. The molecule has 2 N–H and O–H groups in total. The van der Waals surface area contributed by atoms with Gasteiger partial charge in [0.05, 0.1) is 18.3 Å². The Hall–Kier alpha value is -3.49. The first-order valence-electron chi connectivity index (χ1n) is 9.68. The Kier molecular flexibility index (Phi) is 6.61. The minimum atomic E-state index is -0.672. The normalized spacial score (nSPS) is 20.0. The number of imide groups is 1. The van der Waals surface area contributed by atoms with Crippen LogP contribution in [-0.2, 0) is 23.9 Å². The molecule has 1 aliphatic heterocycles. The van der Waals surface area contributed by atoms with E-state index in [0.717, 1.165) is 4.90 Å². The van der Waals surface area contributed by atoms with Gasteiger partial charge in [-0.15, -0.1) is 0 Å². The fraction of sp³-hybridized carbons (Fsp3) is 0.381. The summed E-state index contributed by atoms with van der Waals surface area (Å²) >= 11 is 0. The summed E-state index contributed by atoms with van der Waals surface area (Å²) in [6.45, 7) is -0.542. The third-order valence-corrected chi connectivity index (χ3v) is 5.16. The monoisotopic (exact) mass is 413 g/mol. The van der Waals surface area contributed by atoms with Gasteiger partial charge in [0.2, 0.25) is 11.8 Å². The molecule has 3 rings (SSSR count). The Bertz CT molecular complexity index is 867. The standard InChI is InChI=1S/C21H23N3O6/c1-22-19(27)13-6-8-14(9-7-13)23-17(25)12-30-18(26)10-11-24-20(28)15-4-2-3-5-16(15)21(24)29/h2-3,6-9,15-16H,4-5,10-12H2,1H3,(H,22,27)(H,23,25)/t15-,16-/m1/s1. The summed E-state index contributed by atoms with van der Waals surface area (Å²) in [5.41, 5.74) is 0.900. The van der Waals surface area contributed by atoms with Crippen LogP contribution in [0.4, 0.5) is 5.69 Å². The van der Waals surface area contributed by atoms with Gasteiger partial charge in [-0.05, 0) is 37.1 Å². The van der Waals surface area contributed by atoms with Gasteiger partial charge in [0.25, 0.3) is 11.8 Å². The number of ether oxygens (including phenoxy) is 1. The van der Waals surface area contributed by atoms with Crippen molar-refractivity contribution in [1.82, 2.24) is 10.2 Å². The minimum absolute atomic E-state index is 0.0495.